The Hall–Kier alpha value is -4.14. The average Bonchev–Trinajstić information content (AvgIpc) is 3.00. The van der Waals surface area contributed by atoms with Crippen molar-refractivity contribution in [3.05, 3.63) is 130 Å². The SMILES string of the molecule is CCNC(=O)[C@H](Cc1ccccc1)N(Cc1cccc(Cl)c1)C(=O)CN(c1ccc(C)c(C)c1)S(=O)(=O)c1ccc(C)cc1. The van der Waals surface area contributed by atoms with Crippen LogP contribution in [-0.4, -0.2) is 44.3 Å². The molecular weight excluding hydrogens is 594 g/mol. The van der Waals surface area contributed by atoms with Crippen molar-refractivity contribution in [1.82, 2.24) is 10.2 Å². The molecule has 0 unspecified atom stereocenters. The van der Waals surface area contributed by atoms with Gasteiger partial charge in [0.05, 0.1) is 10.6 Å². The predicted molar refractivity (Wildman–Crippen MR) is 176 cm³/mol. The number of nitrogens with one attached hydrogen (secondary N) is 1. The van der Waals surface area contributed by atoms with Gasteiger partial charge in [0.25, 0.3) is 10.0 Å². The molecule has 1 atom stereocenters. The molecule has 0 radical (unpaired) electrons. The van der Waals surface area contributed by atoms with E-state index in [2.05, 4.69) is 5.32 Å². The maximum Gasteiger partial charge on any atom is 0.264 e. The third kappa shape index (κ3) is 8.07. The first-order valence-corrected chi connectivity index (χ1v) is 16.3. The minimum Gasteiger partial charge on any atom is -0.355 e. The summed E-state index contributed by atoms with van der Waals surface area (Å²) in [5, 5.41) is 3.36. The molecule has 0 heterocycles. The molecule has 9 heteroatoms. The van der Waals surface area contributed by atoms with Gasteiger partial charge >= 0.3 is 0 Å². The van der Waals surface area contributed by atoms with Gasteiger partial charge in [-0.3, -0.25) is 13.9 Å². The van der Waals surface area contributed by atoms with E-state index in [0.29, 0.717) is 22.8 Å². The van der Waals surface area contributed by atoms with Gasteiger partial charge in [0.15, 0.2) is 0 Å². The van der Waals surface area contributed by atoms with Crippen molar-refractivity contribution < 1.29 is 18.0 Å². The topological polar surface area (TPSA) is 86.8 Å². The largest absolute Gasteiger partial charge is 0.355 e. The Bertz CT molecular complexity index is 1710. The average molecular weight is 632 g/mol. The number of nitrogens with zero attached hydrogens (tertiary/aromatic N) is 2. The van der Waals surface area contributed by atoms with Crippen LogP contribution >= 0.6 is 11.6 Å². The summed E-state index contributed by atoms with van der Waals surface area (Å²) in [4.78, 5) is 29.6. The van der Waals surface area contributed by atoms with Crippen molar-refractivity contribution in [3.8, 4) is 0 Å². The van der Waals surface area contributed by atoms with Gasteiger partial charge in [0.2, 0.25) is 11.8 Å². The highest BCUT2D eigenvalue weighted by molar-refractivity contribution is 7.92. The van der Waals surface area contributed by atoms with Crippen molar-refractivity contribution in [2.75, 3.05) is 17.4 Å². The lowest BCUT2D eigenvalue weighted by atomic mass is 10.0. The molecule has 4 aromatic carbocycles. The van der Waals surface area contributed by atoms with Crippen LogP contribution in [0.5, 0.6) is 0 Å². The zero-order chi connectivity index (χ0) is 31.9. The van der Waals surface area contributed by atoms with Crippen LogP contribution in [0.4, 0.5) is 5.69 Å². The molecule has 230 valence electrons. The van der Waals surface area contributed by atoms with E-state index >= 15 is 0 Å². The second-order valence-corrected chi connectivity index (χ2v) is 13.1. The Morgan fingerprint density at radius 1 is 0.818 bits per heavy atom. The molecule has 0 bridgehead atoms. The number of rotatable bonds is 12. The smallest absolute Gasteiger partial charge is 0.264 e. The molecule has 0 aliphatic rings. The number of anilines is 1. The van der Waals surface area contributed by atoms with Gasteiger partial charge in [0, 0.05) is 24.5 Å². The predicted octanol–water partition coefficient (Wildman–Crippen LogP) is 6.24. The van der Waals surface area contributed by atoms with E-state index in [1.807, 2.05) is 70.2 Å². The highest BCUT2D eigenvalue weighted by Crippen LogP contribution is 2.27. The number of carbonyl (C=O) groups excluding carboxylic acids is 2. The van der Waals surface area contributed by atoms with Crippen LogP contribution in [0.25, 0.3) is 0 Å². The molecular formula is C35H38ClN3O4S. The number of benzene rings is 4. The quantitative estimate of drug-likeness (QED) is 0.201. The van der Waals surface area contributed by atoms with Gasteiger partial charge in [-0.15, -0.1) is 0 Å². The van der Waals surface area contributed by atoms with E-state index in [1.165, 1.54) is 4.90 Å². The van der Waals surface area contributed by atoms with E-state index in [9.17, 15) is 18.0 Å². The van der Waals surface area contributed by atoms with Crippen LogP contribution in [0.3, 0.4) is 0 Å². The molecule has 0 fully saturated rings. The third-order valence-electron chi connectivity index (χ3n) is 7.53. The van der Waals surface area contributed by atoms with Crippen molar-refractivity contribution in [2.45, 2.75) is 51.6 Å². The zero-order valence-corrected chi connectivity index (χ0v) is 27.0. The number of hydrogen-bond donors (Lipinski definition) is 1. The highest BCUT2D eigenvalue weighted by Gasteiger charge is 2.34. The first-order chi connectivity index (χ1) is 21.0. The van der Waals surface area contributed by atoms with Gasteiger partial charge in [-0.1, -0.05) is 77.8 Å². The van der Waals surface area contributed by atoms with E-state index in [0.717, 1.165) is 26.6 Å². The van der Waals surface area contributed by atoms with Crippen LogP contribution in [-0.2, 0) is 32.6 Å². The Morgan fingerprint density at radius 3 is 2.14 bits per heavy atom. The molecule has 0 spiro atoms. The molecule has 2 amide bonds. The van der Waals surface area contributed by atoms with Crippen molar-refractivity contribution in [2.24, 2.45) is 0 Å². The second kappa shape index (κ2) is 14.6. The summed E-state index contributed by atoms with van der Waals surface area (Å²) in [5.74, 6) is -0.850. The van der Waals surface area contributed by atoms with Gasteiger partial charge < -0.3 is 10.2 Å². The second-order valence-electron chi connectivity index (χ2n) is 10.8. The standard InChI is InChI=1S/C35H38ClN3O4S/c1-5-37-35(41)33(22-28-10-7-6-8-11-28)38(23-29-12-9-13-30(36)21-29)34(40)24-39(31-17-16-26(3)27(4)20-31)44(42,43)32-18-14-25(2)15-19-32/h6-21,33H,5,22-24H2,1-4H3,(H,37,41)/t33-/m0/s1. The summed E-state index contributed by atoms with van der Waals surface area (Å²) in [6.07, 6.45) is 0.243. The van der Waals surface area contributed by atoms with E-state index in [4.69, 9.17) is 11.6 Å². The van der Waals surface area contributed by atoms with E-state index in [1.54, 1.807) is 54.6 Å². The molecule has 7 nitrogen and oxygen atoms in total. The summed E-state index contributed by atoms with van der Waals surface area (Å²) < 4.78 is 29.4. The summed E-state index contributed by atoms with van der Waals surface area (Å²) in [5.41, 5.74) is 4.74. The fraction of sp³-hybridized carbons (Fsp3) is 0.257. The number of carbonyl (C=O) groups is 2. The molecule has 44 heavy (non-hydrogen) atoms. The minimum atomic E-state index is -4.16. The fourth-order valence-electron chi connectivity index (χ4n) is 4.92. The molecule has 0 saturated carbocycles. The molecule has 0 aromatic heterocycles. The van der Waals surface area contributed by atoms with Crippen LogP contribution in [0.15, 0.2) is 102 Å². The first-order valence-electron chi connectivity index (χ1n) is 14.5. The highest BCUT2D eigenvalue weighted by atomic mass is 35.5. The van der Waals surface area contributed by atoms with Gasteiger partial charge in [-0.25, -0.2) is 8.42 Å². The summed E-state index contributed by atoms with van der Waals surface area (Å²) in [6.45, 7) is 7.45. The Morgan fingerprint density at radius 2 is 1.50 bits per heavy atom. The number of sulfonamides is 1. The molecule has 4 rings (SSSR count). The zero-order valence-electron chi connectivity index (χ0n) is 25.5. The van der Waals surface area contributed by atoms with Crippen LogP contribution in [0, 0.1) is 20.8 Å². The number of amides is 2. The third-order valence-corrected chi connectivity index (χ3v) is 9.55. The van der Waals surface area contributed by atoms with Crippen molar-refractivity contribution >= 4 is 39.1 Å². The number of hydrogen-bond acceptors (Lipinski definition) is 4. The van der Waals surface area contributed by atoms with Crippen molar-refractivity contribution in [1.29, 1.82) is 0 Å². The van der Waals surface area contributed by atoms with E-state index < -0.39 is 28.5 Å². The first kappa shape index (κ1) is 32.8. The van der Waals surface area contributed by atoms with Gasteiger partial charge in [-0.2, -0.15) is 0 Å². The number of halogens is 1. The van der Waals surface area contributed by atoms with Crippen LogP contribution in [0.2, 0.25) is 5.02 Å². The molecule has 0 aliphatic carbocycles. The Balaban J connectivity index is 1.81. The van der Waals surface area contributed by atoms with Gasteiger partial charge in [0.1, 0.15) is 12.6 Å². The normalized spacial score (nSPS) is 11.9. The van der Waals surface area contributed by atoms with Crippen LogP contribution < -0.4 is 9.62 Å². The number of likely N-dealkylation sites (N-methyl/N-ethyl adjacent to an activating group) is 1. The van der Waals surface area contributed by atoms with Crippen LogP contribution in [0.1, 0.15) is 34.7 Å². The summed E-state index contributed by atoms with van der Waals surface area (Å²) >= 11 is 6.29. The molecule has 1 N–H and O–H groups in total. The van der Waals surface area contributed by atoms with E-state index in [-0.39, 0.29) is 23.8 Å². The van der Waals surface area contributed by atoms with Gasteiger partial charge in [-0.05, 0) is 86.3 Å². The minimum absolute atomic E-state index is 0.0549. The Kier molecular flexibility index (Phi) is 10.8. The fourth-order valence-corrected chi connectivity index (χ4v) is 6.54. The molecule has 4 aromatic rings. The maximum absolute atomic E-state index is 14.4. The van der Waals surface area contributed by atoms with Crippen molar-refractivity contribution in [3.63, 3.8) is 0 Å². The monoisotopic (exact) mass is 631 g/mol. The maximum atomic E-state index is 14.4. The lowest BCUT2D eigenvalue weighted by Gasteiger charge is -2.34. The number of aryl methyl sites for hydroxylation is 3. The summed E-state index contributed by atoms with van der Waals surface area (Å²) in [7, 11) is -4.16. The lowest BCUT2D eigenvalue weighted by Crippen LogP contribution is -2.53. The lowest BCUT2D eigenvalue weighted by molar-refractivity contribution is -0.140. The molecule has 0 saturated heterocycles. The summed E-state index contributed by atoms with van der Waals surface area (Å²) in [6, 6.07) is 27.5. The molecule has 0 aliphatic heterocycles. The Labute approximate surface area is 265 Å².